The van der Waals surface area contributed by atoms with Gasteiger partial charge in [-0.1, -0.05) is 12.1 Å². The molecular weight excluding hydrogens is 323 g/mol. The van der Waals surface area contributed by atoms with Crippen molar-refractivity contribution in [3.63, 3.8) is 0 Å². The Hall–Kier alpha value is -2.76. The molecule has 2 N–H and O–H groups in total. The van der Waals surface area contributed by atoms with Crippen molar-refractivity contribution in [3.05, 3.63) is 53.8 Å². The molecule has 2 aromatic rings. The van der Waals surface area contributed by atoms with E-state index >= 15 is 0 Å². The lowest BCUT2D eigenvalue weighted by molar-refractivity contribution is 0.0710. The maximum absolute atomic E-state index is 13.9. The van der Waals surface area contributed by atoms with Gasteiger partial charge in [0.15, 0.2) is 0 Å². The Morgan fingerprint density at radius 3 is 2.64 bits per heavy atom. The van der Waals surface area contributed by atoms with Crippen LogP contribution in [0.25, 0.3) is 0 Å². The van der Waals surface area contributed by atoms with E-state index in [1.165, 1.54) is 18.2 Å². The van der Waals surface area contributed by atoms with Gasteiger partial charge in [0.1, 0.15) is 22.9 Å². The summed E-state index contributed by atoms with van der Waals surface area (Å²) in [7, 11) is 1.63. The van der Waals surface area contributed by atoms with E-state index < -0.39 is 11.7 Å². The summed E-state index contributed by atoms with van der Waals surface area (Å²) in [6.07, 6.45) is 1.50. The number of halogens is 1. The number of rotatable bonds is 4. The molecule has 1 aliphatic heterocycles. The smallest absolute Gasteiger partial charge is 0.260 e. The molecule has 1 heterocycles. The molecule has 3 rings (SSSR count). The summed E-state index contributed by atoms with van der Waals surface area (Å²) in [5, 5.41) is 13.2. The van der Waals surface area contributed by atoms with Gasteiger partial charge >= 0.3 is 0 Å². The molecule has 0 unspecified atom stereocenters. The summed E-state index contributed by atoms with van der Waals surface area (Å²) < 4.78 is 19.1. The summed E-state index contributed by atoms with van der Waals surface area (Å²) in [6, 6.07) is 11.8. The number of ether oxygens (including phenoxy) is 1. The first-order valence-corrected chi connectivity index (χ1v) is 8.26. The van der Waals surface area contributed by atoms with Crippen LogP contribution in [-0.4, -0.2) is 42.2 Å². The van der Waals surface area contributed by atoms with E-state index in [1.54, 1.807) is 12.0 Å². The van der Waals surface area contributed by atoms with Gasteiger partial charge in [-0.05, 0) is 37.1 Å². The standard InChI is InChI=1S/C19H21FN2O3/c1-25-15-5-2-4-14(12-15)21-13-8-10-22(11-9-13)19(24)18-16(20)6-3-7-17(18)23/h2-7,12-13,21,23H,8-11H2,1H3. The number of likely N-dealkylation sites (tertiary alicyclic amines) is 1. The second-order valence-electron chi connectivity index (χ2n) is 6.08. The number of hydrogen-bond acceptors (Lipinski definition) is 4. The van der Waals surface area contributed by atoms with Crippen molar-refractivity contribution >= 4 is 11.6 Å². The number of benzene rings is 2. The van der Waals surface area contributed by atoms with Gasteiger partial charge in [0.2, 0.25) is 0 Å². The molecule has 1 aliphatic rings. The van der Waals surface area contributed by atoms with Crippen molar-refractivity contribution in [1.29, 1.82) is 0 Å². The fourth-order valence-electron chi connectivity index (χ4n) is 3.06. The maximum atomic E-state index is 13.9. The maximum Gasteiger partial charge on any atom is 0.260 e. The van der Waals surface area contributed by atoms with Gasteiger partial charge in [-0.25, -0.2) is 4.39 Å². The molecule has 1 amide bonds. The van der Waals surface area contributed by atoms with Gasteiger partial charge in [-0.15, -0.1) is 0 Å². The van der Waals surface area contributed by atoms with E-state index in [2.05, 4.69) is 5.32 Å². The second kappa shape index (κ2) is 7.42. The van der Waals surface area contributed by atoms with Crippen molar-refractivity contribution in [2.75, 3.05) is 25.5 Å². The molecule has 1 fully saturated rings. The number of amides is 1. The summed E-state index contributed by atoms with van der Waals surface area (Å²) in [6.45, 7) is 1.02. The van der Waals surface area contributed by atoms with Gasteiger partial charge in [0.25, 0.3) is 5.91 Å². The molecule has 0 spiro atoms. The molecule has 1 saturated heterocycles. The molecule has 5 nitrogen and oxygen atoms in total. The molecule has 0 aromatic heterocycles. The summed E-state index contributed by atoms with van der Waals surface area (Å²) in [5.41, 5.74) is 0.720. The Morgan fingerprint density at radius 2 is 1.96 bits per heavy atom. The van der Waals surface area contributed by atoms with Crippen molar-refractivity contribution in [2.24, 2.45) is 0 Å². The molecule has 0 radical (unpaired) electrons. The molecule has 132 valence electrons. The highest BCUT2D eigenvalue weighted by atomic mass is 19.1. The van der Waals surface area contributed by atoms with Gasteiger partial charge in [0.05, 0.1) is 7.11 Å². The van der Waals surface area contributed by atoms with Crippen LogP contribution in [0.4, 0.5) is 10.1 Å². The van der Waals surface area contributed by atoms with Crippen molar-refractivity contribution < 1.29 is 19.0 Å². The van der Waals surface area contributed by atoms with Crippen LogP contribution in [0.15, 0.2) is 42.5 Å². The van der Waals surface area contributed by atoms with Crippen LogP contribution >= 0.6 is 0 Å². The van der Waals surface area contributed by atoms with Crippen LogP contribution in [0.2, 0.25) is 0 Å². The van der Waals surface area contributed by atoms with Crippen LogP contribution in [-0.2, 0) is 0 Å². The van der Waals surface area contributed by atoms with Crippen molar-refractivity contribution in [1.82, 2.24) is 4.90 Å². The van der Waals surface area contributed by atoms with E-state index in [4.69, 9.17) is 4.74 Å². The van der Waals surface area contributed by atoms with Gasteiger partial charge in [-0.3, -0.25) is 4.79 Å². The molecule has 6 heteroatoms. The summed E-state index contributed by atoms with van der Waals surface area (Å²) >= 11 is 0. The molecule has 0 saturated carbocycles. The Morgan fingerprint density at radius 1 is 1.24 bits per heavy atom. The van der Waals surface area contributed by atoms with Crippen LogP contribution in [0, 0.1) is 5.82 Å². The Balaban J connectivity index is 1.61. The fraction of sp³-hybridized carbons (Fsp3) is 0.316. The third-order valence-electron chi connectivity index (χ3n) is 4.43. The third-order valence-corrected chi connectivity index (χ3v) is 4.43. The highest BCUT2D eigenvalue weighted by Crippen LogP contribution is 2.25. The fourth-order valence-corrected chi connectivity index (χ4v) is 3.06. The van der Waals surface area contributed by atoms with E-state index in [1.807, 2.05) is 24.3 Å². The van der Waals surface area contributed by atoms with Crippen LogP contribution in [0.5, 0.6) is 11.5 Å². The SMILES string of the molecule is COc1cccc(NC2CCN(C(=O)c3c(O)cccc3F)CC2)c1. The number of methoxy groups -OCH3 is 1. The lowest BCUT2D eigenvalue weighted by Crippen LogP contribution is -2.42. The first kappa shape index (κ1) is 17.1. The number of nitrogens with one attached hydrogen (secondary N) is 1. The predicted octanol–water partition coefficient (Wildman–Crippen LogP) is 3.26. The normalized spacial score (nSPS) is 15.0. The van der Waals surface area contributed by atoms with Gasteiger partial charge in [-0.2, -0.15) is 0 Å². The summed E-state index contributed by atoms with van der Waals surface area (Å²) in [5.74, 6) is -0.689. The van der Waals surface area contributed by atoms with Crippen molar-refractivity contribution in [2.45, 2.75) is 18.9 Å². The third kappa shape index (κ3) is 3.84. The number of phenolic OH excluding ortho intramolecular Hbond substituents is 1. The van der Waals surface area contributed by atoms with Crippen LogP contribution in [0.3, 0.4) is 0 Å². The highest BCUT2D eigenvalue weighted by molar-refractivity contribution is 5.97. The molecule has 0 bridgehead atoms. The molecule has 25 heavy (non-hydrogen) atoms. The van der Waals surface area contributed by atoms with Gasteiger partial charge < -0.3 is 20.1 Å². The second-order valence-corrected chi connectivity index (χ2v) is 6.08. The number of carbonyl (C=O) groups is 1. The quantitative estimate of drug-likeness (QED) is 0.894. The highest BCUT2D eigenvalue weighted by Gasteiger charge is 2.27. The number of hydrogen-bond donors (Lipinski definition) is 2. The molecular formula is C19H21FN2O3. The van der Waals surface area contributed by atoms with Crippen LogP contribution < -0.4 is 10.1 Å². The van der Waals surface area contributed by atoms with Crippen LogP contribution in [0.1, 0.15) is 23.2 Å². The minimum absolute atomic E-state index is 0.227. The van der Waals surface area contributed by atoms with E-state index in [-0.39, 0.29) is 17.4 Å². The van der Waals surface area contributed by atoms with E-state index in [9.17, 15) is 14.3 Å². The van der Waals surface area contributed by atoms with Crippen molar-refractivity contribution in [3.8, 4) is 11.5 Å². The van der Waals surface area contributed by atoms with Gasteiger partial charge in [0, 0.05) is 30.9 Å². The molecule has 0 atom stereocenters. The first-order valence-electron chi connectivity index (χ1n) is 8.26. The van der Waals surface area contributed by atoms with E-state index in [0.717, 1.165) is 24.3 Å². The Labute approximate surface area is 146 Å². The predicted molar refractivity (Wildman–Crippen MR) is 93.6 cm³/mol. The topological polar surface area (TPSA) is 61.8 Å². The number of piperidine rings is 1. The summed E-state index contributed by atoms with van der Waals surface area (Å²) in [4.78, 5) is 14.1. The number of anilines is 1. The lowest BCUT2D eigenvalue weighted by atomic mass is 10.0. The average molecular weight is 344 g/mol. The number of phenols is 1. The first-order chi connectivity index (χ1) is 12.1. The van der Waals surface area contributed by atoms with E-state index in [0.29, 0.717) is 13.1 Å². The molecule has 2 aromatic carbocycles. The number of carbonyl (C=O) groups excluding carboxylic acids is 1. The largest absolute Gasteiger partial charge is 0.507 e. The zero-order valence-electron chi connectivity index (χ0n) is 14.0. The Kier molecular flexibility index (Phi) is 5.07. The minimum Gasteiger partial charge on any atom is -0.507 e. The minimum atomic E-state index is -0.693. The number of nitrogens with zero attached hydrogens (tertiary/aromatic N) is 1. The zero-order valence-corrected chi connectivity index (χ0v) is 14.0. The monoisotopic (exact) mass is 344 g/mol. The lowest BCUT2D eigenvalue weighted by Gasteiger charge is -2.33. The zero-order chi connectivity index (χ0) is 17.8. The average Bonchev–Trinajstić information content (AvgIpc) is 2.62. The Bertz CT molecular complexity index is 738. The molecule has 0 aliphatic carbocycles. The number of aromatic hydroxyl groups is 1.